The number of fused-ring (bicyclic) bond motifs is 1. The van der Waals surface area contributed by atoms with Crippen molar-refractivity contribution in [2.45, 2.75) is 6.54 Å². The second-order valence-corrected chi connectivity index (χ2v) is 7.42. The molecule has 4 rings (SSSR count). The van der Waals surface area contributed by atoms with E-state index < -0.39 is 5.91 Å². The Morgan fingerprint density at radius 2 is 1.77 bits per heavy atom. The first-order valence-electron chi connectivity index (χ1n) is 9.54. The molecule has 0 atom stereocenters. The maximum absolute atomic E-state index is 13.2. The molecule has 0 unspecified atom stereocenters. The van der Waals surface area contributed by atoms with Gasteiger partial charge < -0.3 is 9.88 Å². The topological polar surface area (TPSA) is 57.8 Å². The van der Waals surface area contributed by atoms with Gasteiger partial charge >= 0.3 is 0 Å². The van der Waals surface area contributed by atoms with Gasteiger partial charge in [0.1, 0.15) is 17.5 Å². The first kappa shape index (κ1) is 20.4. The molecule has 1 heterocycles. The van der Waals surface area contributed by atoms with Crippen molar-refractivity contribution < 1.29 is 9.18 Å². The molecule has 0 fully saturated rings. The number of nitrogens with zero attached hydrogens (tertiary/aromatic N) is 2. The Kier molecular flexibility index (Phi) is 5.83. The van der Waals surface area contributed by atoms with Crippen LogP contribution in [0.15, 0.2) is 84.6 Å². The molecular weight excluding hydrogens is 413 g/mol. The highest BCUT2D eigenvalue weighted by molar-refractivity contribution is 6.30. The van der Waals surface area contributed by atoms with Crippen molar-refractivity contribution in [3.05, 3.63) is 107 Å². The Labute approximate surface area is 183 Å². The van der Waals surface area contributed by atoms with E-state index in [1.165, 1.54) is 12.1 Å². The minimum Gasteiger partial charge on any atom is -0.342 e. The van der Waals surface area contributed by atoms with Crippen molar-refractivity contribution in [1.29, 1.82) is 5.26 Å². The zero-order valence-electron chi connectivity index (χ0n) is 16.3. The van der Waals surface area contributed by atoms with E-state index in [0.717, 1.165) is 22.0 Å². The molecule has 4 nitrogen and oxygen atoms in total. The molecular formula is C25H17ClFN3O. The van der Waals surface area contributed by atoms with E-state index in [-0.39, 0.29) is 11.4 Å². The molecule has 31 heavy (non-hydrogen) atoms. The van der Waals surface area contributed by atoms with Gasteiger partial charge in [-0.25, -0.2) is 4.39 Å². The number of nitrogens with one attached hydrogen (secondary N) is 1. The van der Waals surface area contributed by atoms with E-state index in [2.05, 4.69) is 5.32 Å². The standard InChI is InChI=1S/C25H17ClFN3O/c26-20-7-11-22(12-8-20)29-25(31)18(14-28)13-19-16-30(24-4-2-1-3-23(19)24)15-17-5-9-21(27)10-6-17/h1-13,16H,15H2,(H,29,31)/b18-13-. The van der Waals surface area contributed by atoms with Gasteiger partial charge in [-0.2, -0.15) is 5.26 Å². The molecule has 3 aromatic carbocycles. The second-order valence-electron chi connectivity index (χ2n) is 6.99. The summed E-state index contributed by atoms with van der Waals surface area (Å²) in [5.74, 6) is -0.782. The van der Waals surface area contributed by atoms with Crippen LogP contribution in [0.4, 0.5) is 10.1 Å². The molecule has 152 valence electrons. The molecule has 0 saturated carbocycles. The van der Waals surface area contributed by atoms with Crippen LogP contribution in [-0.4, -0.2) is 10.5 Å². The predicted molar refractivity (Wildman–Crippen MR) is 121 cm³/mol. The number of hydrogen-bond acceptors (Lipinski definition) is 2. The second kappa shape index (κ2) is 8.86. The van der Waals surface area contributed by atoms with Gasteiger partial charge in [0.15, 0.2) is 0 Å². The molecule has 1 aromatic heterocycles. The summed E-state index contributed by atoms with van der Waals surface area (Å²) in [6, 6.07) is 22.7. The third kappa shape index (κ3) is 4.66. The highest BCUT2D eigenvalue weighted by Crippen LogP contribution is 2.25. The number of benzene rings is 3. The van der Waals surface area contributed by atoms with Crippen LogP contribution in [0.3, 0.4) is 0 Å². The first-order chi connectivity index (χ1) is 15.0. The number of aromatic nitrogens is 1. The number of carbonyl (C=O) groups is 1. The van der Waals surface area contributed by atoms with Gasteiger partial charge in [0, 0.05) is 39.9 Å². The Balaban J connectivity index is 1.66. The summed E-state index contributed by atoms with van der Waals surface area (Å²) in [7, 11) is 0. The number of anilines is 1. The third-order valence-electron chi connectivity index (χ3n) is 4.85. The van der Waals surface area contributed by atoms with Gasteiger partial charge in [-0.05, 0) is 54.1 Å². The number of carbonyl (C=O) groups excluding carboxylic acids is 1. The Morgan fingerprint density at radius 3 is 2.48 bits per heavy atom. The lowest BCUT2D eigenvalue weighted by molar-refractivity contribution is -0.112. The molecule has 0 aliphatic heterocycles. The summed E-state index contributed by atoms with van der Waals surface area (Å²) < 4.78 is 15.2. The summed E-state index contributed by atoms with van der Waals surface area (Å²) in [4.78, 5) is 12.6. The van der Waals surface area contributed by atoms with Crippen molar-refractivity contribution in [2.24, 2.45) is 0 Å². The zero-order valence-corrected chi connectivity index (χ0v) is 17.1. The monoisotopic (exact) mass is 429 g/mol. The number of para-hydroxylation sites is 1. The minimum atomic E-state index is -0.500. The summed E-state index contributed by atoms with van der Waals surface area (Å²) in [5.41, 5.74) is 3.18. The van der Waals surface area contributed by atoms with Crippen molar-refractivity contribution in [3.8, 4) is 6.07 Å². The van der Waals surface area contributed by atoms with E-state index in [1.54, 1.807) is 42.5 Å². The largest absolute Gasteiger partial charge is 0.342 e. The molecule has 6 heteroatoms. The van der Waals surface area contributed by atoms with E-state index in [0.29, 0.717) is 17.3 Å². The average Bonchev–Trinajstić information content (AvgIpc) is 3.12. The number of nitriles is 1. The molecule has 1 N–H and O–H groups in total. The van der Waals surface area contributed by atoms with Gasteiger partial charge in [0.2, 0.25) is 0 Å². The fourth-order valence-corrected chi connectivity index (χ4v) is 3.47. The normalized spacial score (nSPS) is 11.3. The van der Waals surface area contributed by atoms with Gasteiger partial charge in [-0.15, -0.1) is 0 Å². The van der Waals surface area contributed by atoms with Gasteiger partial charge in [-0.1, -0.05) is 41.9 Å². The van der Waals surface area contributed by atoms with Gasteiger partial charge in [0.25, 0.3) is 5.91 Å². The van der Waals surface area contributed by atoms with Crippen molar-refractivity contribution in [1.82, 2.24) is 4.57 Å². The lowest BCUT2D eigenvalue weighted by Gasteiger charge is -2.05. The number of halogens is 2. The maximum Gasteiger partial charge on any atom is 0.266 e. The van der Waals surface area contributed by atoms with Crippen molar-refractivity contribution in [2.75, 3.05) is 5.32 Å². The van der Waals surface area contributed by atoms with E-state index in [4.69, 9.17) is 11.6 Å². The predicted octanol–water partition coefficient (Wildman–Crippen LogP) is 6.03. The molecule has 4 aromatic rings. The van der Waals surface area contributed by atoms with Crippen LogP contribution in [0.1, 0.15) is 11.1 Å². The number of amides is 1. The Hall–Kier alpha value is -3.88. The maximum atomic E-state index is 13.2. The Morgan fingerprint density at radius 1 is 1.06 bits per heavy atom. The van der Waals surface area contributed by atoms with Crippen molar-refractivity contribution in [3.63, 3.8) is 0 Å². The molecule has 0 saturated heterocycles. The lowest BCUT2D eigenvalue weighted by atomic mass is 10.1. The summed E-state index contributed by atoms with van der Waals surface area (Å²) in [6.45, 7) is 0.535. The molecule has 0 aliphatic carbocycles. The number of hydrogen-bond donors (Lipinski definition) is 1. The lowest BCUT2D eigenvalue weighted by Crippen LogP contribution is -2.13. The zero-order chi connectivity index (χ0) is 21.8. The Bertz CT molecular complexity index is 1320. The molecule has 1 amide bonds. The fraction of sp³-hybridized carbons (Fsp3) is 0.0400. The molecule has 0 radical (unpaired) electrons. The van der Waals surface area contributed by atoms with Gasteiger partial charge in [-0.3, -0.25) is 4.79 Å². The minimum absolute atomic E-state index is 0.0142. The summed E-state index contributed by atoms with van der Waals surface area (Å²) in [6.07, 6.45) is 3.47. The van der Waals surface area contributed by atoms with Crippen LogP contribution in [0, 0.1) is 17.1 Å². The van der Waals surface area contributed by atoms with Crippen LogP contribution in [0.5, 0.6) is 0 Å². The SMILES string of the molecule is N#C/C(=C/c1cn(Cc2ccc(F)cc2)c2ccccc12)C(=O)Nc1ccc(Cl)cc1. The van der Waals surface area contributed by atoms with Gasteiger partial charge in [0.05, 0.1) is 0 Å². The quantitative estimate of drug-likeness (QED) is 0.311. The smallest absolute Gasteiger partial charge is 0.266 e. The molecule has 0 bridgehead atoms. The third-order valence-corrected chi connectivity index (χ3v) is 5.10. The van der Waals surface area contributed by atoms with Crippen LogP contribution < -0.4 is 5.32 Å². The molecule has 0 aliphatic rings. The summed E-state index contributed by atoms with van der Waals surface area (Å²) in [5, 5.41) is 13.8. The average molecular weight is 430 g/mol. The summed E-state index contributed by atoms with van der Waals surface area (Å²) >= 11 is 5.87. The van der Waals surface area contributed by atoms with Crippen molar-refractivity contribution >= 4 is 40.2 Å². The fourth-order valence-electron chi connectivity index (χ4n) is 3.34. The molecule has 0 spiro atoms. The first-order valence-corrected chi connectivity index (χ1v) is 9.92. The van der Waals surface area contributed by atoms with Crippen LogP contribution in [0.2, 0.25) is 5.02 Å². The van der Waals surface area contributed by atoms with Crippen LogP contribution >= 0.6 is 11.6 Å². The van der Waals surface area contributed by atoms with Crippen LogP contribution in [0.25, 0.3) is 17.0 Å². The van der Waals surface area contributed by atoms with E-state index >= 15 is 0 Å². The van der Waals surface area contributed by atoms with Crippen LogP contribution in [-0.2, 0) is 11.3 Å². The number of rotatable bonds is 5. The highest BCUT2D eigenvalue weighted by atomic mass is 35.5. The van der Waals surface area contributed by atoms with E-state index in [9.17, 15) is 14.4 Å². The highest BCUT2D eigenvalue weighted by Gasteiger charge is 2.13. The van der Waals surface area contributed by atoms with E-state index in [1.807, 2.05) is 41.1 Å².